The highest BCUT2D eigenvalue weighted by Crippen LogP contribution is 1.90. The SMILES string of the molecule is O=C(O)NCc1c#cccc1. The Labute approximate surface area is 64.7 Å². The van der Waals surface area contributed by atoms with Gasteiger partial charge in [0.25, 0.3) is 0 Å². The number of carbonyl (C=O) groups is 1. The second kappa shape index (κ2) is 3.47. The van der Waals surface area contributed by atoms with Crippen molar-refractivity contribution in [3.8, 4) is 0 Å². The summed E-state index contributed by atoms with van der Waals surface area (Å²) in [6.07, 6.45) is -1.03. The smallest absolute Gasteiger partial charge is 0.404 e. The third kappa shape index (κ3) is 2.59. The molecule has 3 nitrogen and oxygen atoms in total. The molecular weight excluding hydrogens is 142 g/mol. The van der Waals surface area contributed by atoms with Gasteiger partial charge in [0.1, 0.15) is 0 Å². The summed E-state index contributed by atoms with van der Waals surface area (Å²) in [7, 11) is 0. The van der Waals surface area contributed by atoms with Gasteiger partial charge < -0.3 is 10.4 Å². The largest absolute Gasteiger partial charge is 0.465 e. The fourth-order valence-corrected chi connectivity index (χ4v) is 0.662. The predicted molar refractivity (Wildman–Crippen MR) is 39.0 cm³/mol. The lowest BCUT2D eigenvalue weighted by atomic mass is 10.3. The third-order valence-electron chi connectivity index (χ3n) is 1.14. The van der Waals surface area contributed by atoms with Crippen molar-refractivity contribution < 1.29 is 9.90 Å². The molecule has 1 aromatic carbocycles. The number of carboxylic acid groups (broad SMARTS) is 1. The van der Waals surface area contributed by atoms with Crippen LogP contribution in [0.2, 0.25) is 0 Å². The summed E-state index contributed by atoms with van der Waals surface area (Å²) in [5.41, 5.74) is 0.787. The molecule has 1 aromatic rings. The van der Waals surface area contributed by atoms with Gasteiger partial charge in [-0.3, -0.25) is 0 Å². The summed E-state index contributed by atoms with van der Waals surface area (Å²) < 4.78 is 0. The van der Waals surface area contributed by atoms with E-state index in [1.165, 1.54) is 0 Å². The summed E-state index contributed by atoms with van der Waals surface area (Å²) >= 11 is 0. The quantitative estimate of drug-likeness (QED) is 0.660. The minimum Gasteiger partial charge on any atom is -0.465 e. The Morgan fingerprint density at radius 1 is 1.73 bits per heavy atom. The van der Waals surface area contributed by atoms with Gasteiger partial charge in [-0.15, -0.1) is 0 Å². The van der Waals surface area contributed by atoms with Crippen molar-refractivity contribution in [2.75, 3.05) is 0 Å². The molecule has 0 saturated carbocycles. The molecular formula is C8H7NO2. The minimum atomic E-state index is -1.03. The molecule has 0 aliphatic rings. The first kappa shape index (κ1) is 7.42. The van der Waals surface area contributed by atoms with Crippen molar-refractivity contribution >= 4 is 6.09 Å². The first-order chi connectivity index (χ1) is 5.29. The van der Waals surface area contributed by atoms with Crippen molar-refractivity contribution in [3.63, 3.8) is 0 Å². The normalized spacial score (nSPS) is 8.36. The third-order valence-corrected chi connectivity index (χ3v) is 1.14. The van der Waals surface area contributed by atoms with E-state index in [-0.39, 0.29) is 6.54 Å². The second-order valence-corrected chi connectivity index (χ2v) is 1.98. The Bertz CT molecular complexity index is 233. The van der Waals surface area contributed by atoms with Gasteiger partial charge in [-0.1, -0.05) is 18.2 Å². The second-order valence-electron chi connectivity index (χ2n) is 1.98. The molecule has 3 heteroatoms. The first-order valence-corrected chi connectivity index (χ1v) is 3.13. The van der Waals surface area contributed by atoms with Crippen LogP contribution in [0.15, 0.2) is 18.2 Å². The van der Waals surface area contributed by atoms with Crippen molar-refractivity contribution in [1.82, 2.24) is 5.32 Å². The van der Waals surface area contributed by atoms with Gasteiger partial charge >= 0.3 is 6.09 Å². The zero-order valence-corrected chi connectivity index (χ0v) is 5.79. The molecule has 0 atom stereocenters. The van der Waals surface area contributed by atoms with Crippen LogP contribution in [0.25, 0.3) is 0 Å². The summed E-state index contributed by atoms with van der Waals surface area (Å²) in [6.45, 7) is 0.284. The van der Waals surface area contributed by atoms with E-state index in [1.807, 2.05) is 0 Å². The van der Waals surface area contributed by atoms with E-state index in [0.29, 0.717) is 0 Å². The van der Waals surface area contributed by atoms with Crippen LogP contribution in [0, 0.1) is 12.1 Å². The molecule has 0 unspecified atom stereocenters. The molecule has 0 saturated heterocycles. The Morgan fingerprint density at radius 3 is 3.09 bits per heavy atom. The number of nitrogens with one attached hydrogen (secondary N) is 1. The van der Waals surface area contributed by atoms with Gasteiger partial charge in [0.2, 0.25) is 0 Å². The molecule has 0 spiro atoms. The van der Waals surface area contributed by atoms with Gasteiger partial charge in [0, 0.05) is 5.56 Å². The lowest BCUT2D eigenvalue weighted by Crippen LogP contribution is -2.19. The van der Waals surface area contributed by atoms with Crippen LogP contribution in [0.4, 0.5) is 4.79 Å². The molecule has 1 rings (SSSR count). The molecule has 56 valence electrons. The highest BCUT2D eigenvalue weighted by molar-refractivity contribution is 5.64. The average molecular weight is 149 g/mol. The predicted octanol–water partition coefficient (Wildman–Crippen LogP) is 1.05. The number of rotatable bonds is 2. The van der Waals surface area contributed by atoms with Crippen LogP contribution in [0.5, 0.6) is 0 Å². The Morgan fingerprint density at radius 2 is 2.55 bits per heavy atom. The van der Waals surface area contributed by atoms with Crippen LogP contribution in [0.3, 0.4) is 0 Å². The molecule has 1 amide bonds. The standard InChI is InChI=1S/C8H7NO2/c10-8(11)9-6-7-4-2-1-3-5-7/h1-2,4,9H,6H2,(H,10,11). The summed E-state index contributed by atoms with van der Waals surface area (Å²) in [4.78, 5) is 10.0. The topological polar surface area (TPSA) is 49.3 Å². The molecule has 0 bridgehead atoms. The highest BCUT2D eigenvalue weighted by Gasteiger charge is 1.93. The Balaban J connectivity index is 2.45. The lowest BCUT2D eigenvalue weighted by molar-refractivity contribution is 0.194. The Kier molecular flexibility index (Phi) is 2.34. The average Bonchev–Trinajstić information content (AvgIpc) is 2.03. The zero-order chi connectivity index (χ0) is 8.10. The minimum absolute atomic E-state index is 0.284. The van der Waals surface area contributed by atoms with E-state index < -0.39 is 6.09 Å². The molecule has 0 aromatic heterocycles. The van der Waals surface area contributed by atoms with E-state index in [4.69, 9.17) is 5.11 Å². The Hall–Kier alpha value is -1.69. The fourth-order valence-electron chi connectivity index (χ4n) is 0.662. The molecule has 0 fully saturated rings. The maximum absolute atomic E-state index is 10.0. The summed E-state index contributed by atoms with van der Waals surface area (Å²) in [5.74, 6) is 0. The van der Waals surface area contributed by atoms with E-state index in [2.05, 4.69) is 17.4 Å². The molecule has 0 radical (unpaired) electrons. The first-order valence-electron chi connectivity index (χ1n) is 3.13. The van der Waals surface area contributed by atoms with Crippen LogP contribution < -0.4 is 5.32 Å². The summed E-state index contributed by atoms with van der Waals surface area (Å²) in [6, 6.07) is 10.8. The van der Waals surface area contributed by atoms with Crippen molar-refractivity contribution in [2.45, 2.75) is 6.54 Å². The van der Waals surface area contributed by atoms with Crippen LogP contribution in [-0.4, -0.2) is 11.2 Å². The van der Waals surface area contributed by atoms with Crippen LogP contribution >= 0.6 is 0 Å². The monoisotopic (exact) mass is 149 g/mol. The molecule has 0 aliphatic carbocycles. The van der Waals surface area contributed by atoms with Gasteiger partial charge in [0.05, 0.1) is 6.54 Å². The van der Waals surface area contributed by atoms with Crippen LogP contribution in [0.1, 0.15) is 5.56 Å². The van der Waals surface area contributed by atoms with E-state index in [0.717, 1.165) is 5.56 Å². The van der Waals surface area contributed by atoms with E-state index in [9.17, 15) is 4.79 Å². The molecule has 0 aliphatic heterocycles. The zero-order valence-electron chi connectivity index (χ0n) is 5.79. The maximum Gasteiger partial charge on any atom is 0.404 e. The van der Waals surface area contributed by atoms with Crippen molar-refractivity contribution in [2.24, 2.45) is 0 Å². The van der Waals surface area contributed by atoms with Gasteiger partial charge in [-0.2, -0.15) is 0 Å². The number of amides is 1. The fraction of sp³-hybridized carbons (Fsp3) is 0.125. The number of hydrogen-bond donors (Lipinski definition) is 2. The number of hydrogen-bond acceptors (Lipinski definition) is 1. The van der Waals surface area contributed by atoms with Crippen molar-refractivity contribution in [3.05, 3.63) is 35.9 Å². The maximum atomic E-state index is 10.0. The van der Waals surface area contributed by atoms with E-state index >= 15 is 0 Å². The van der Waals surface area contributed by atoms with Crippen LogP contribution in [-0.2, 0) is 6.54 Å². The highest BCUT2D eigenvalue weighted by atomic mass is 16.4. The molecule has 2 N–H and O–H groups in total. The van der Waals surface area contributed by atoms with E-state index in [1.54, 1.807) is 18.2 Å². The molecule has 11 heavy (non-hydrogen) atoms. The lowest BCUT2D eigenvalue weighted by Gasteiger charge is -1.95. The summed E-state index contributed by atoms with van der Waals surface area (Å²) in [5, 5.41) is 10.5. The van der Waals surface area contributed by atoms with Crippen molar-refractivity contribution in [1.29, 1.82) is 0 Å². The molecule has 0 heterocycles. The van der Waals surface area contributed by atoms with Gasteiger partial charge in [0.15, 0.2) is 0 Å². The van der Waals surface area contributed by atoms with Gasteiger partial charge in [-0.05, 0) is 12.1 Å². The van der Waals surface area contributed by atoms with Gasteiger partial charge in [-0.25, -0.2) is 4.79 Å².